The number of carbonyl (C=O) groups is 1. The van der Waals surface area contributed by atoms with Gasteiger partial charge in [-0.25, -0.2) is 12.8 Å². The first kappa shape index (κ1) is 23.2. The van der Waals surface area contributed by atoms with Crippen LogP contribution in [-0.4, -0.2) is 63.0 Å². The summed E-state index contributed by atoms with van der Waals surface area (Å²) >= 11 is 0. The number of amides is 1. The summed E-state index contributed by atoms with van der Waals surface area (Å²) in [6, 6.07) is 10.5. The van der Waals surface area contributed by atoms with Crippen LogP contribution < -0.4 is 4.74 Å². The number of carbonyl (C=O) groups excluding carboxylic acids is 1. The lowest BCUT2D eigenvalue weighted by atomic mass is 10.1. The van der Waals surface area contributed by atoms with Gasteiger partial charge in [0.15, 0.2) is 11.6 Å². The van der Waals surface area contributed by atoms with E-state index in [9.17, 15) is 17.6 Å². The number of halogens is 1. The van der Waals surface area contributed by atoms with E-state index in [0.29, 0.717) is 5.56 Å². The van der Waals surface area contributed by atoms with Crippen LogP contribution in [0, 0.1) is 5.82 Å². The minimum Gasteiger partial charge on any atom is -0.494 e. The number of nitrogens with zero attached hydrogens (tertiary/aromatic N) is 2. The Morgan fingerprint density at radius 2 is 1.87 bits per heavy atom. The van der Waals surface area contributed by atoms with Crippen LogP contribution in [0.25, 0.3) is 0 Å². The molecule has 2 aromatic rings. The van der Waals surface area contributed by atoms with Crippen molar-refractivity contribution in [2.45, 2.75) is 37.5 Å². The Kier molecular flexibility index (Phi) is 6.98. The molecule has 1 fully saturated rings. The molecule has 168 valence electrons. The van der Waals surface area contributed by atoms with Crippen molar-refractivity contribution in [3.63, 3.8) is 0 Å². The SMILES string of the molecule is COc1ccc(CN(C)C(=O)c2cccc(S(=O)(=O)N3CC(C)OC(C)C3)c2)cc1F. The highest BCUT2D eigenvalue weighted by Crippen LogP contribution is 2.23. The maximum absolute atomic E-state index is 13.9. The summed E-state index contributed by atoms with van der Waals surface area (Å²) in [7, 11) is -0.800. The molecule has 1 heterocycles. The Labute approximate surface area is 182 Å². The quantitative estimate of drug-likeness (QED) is 0.677. The average Bonchev–Trinajstić information content (AvgIpc) is 2.72. The number of morpholine rings is 1. The van der Waals surface area contributed by atoms with E-state index in [4.69, 9.17) is 9.47 Å². The lowest BCUT2D eigenvalue weighted by Gasteiger charge is -2.34. The van der Waals surface area contributed by atoms with Crippen molar-refractivity contribution < 1.29 is 27.1 Å². The first-order chi connectivity index (χ1) is 14.6. The fourth-order valence-electron chi connectivity index (χ4n) is 3.64. The third kappa shape index (κ3) is 5.23. The second-order valence-electron chi connectivity index (χ2n) is 7.74. The summed E-state index contributed by atoms with van der Waals surface area (Å²) in [5, 5.41) is 0. The summed E-state index contributed by atoms with van der Waals surface area (Å²) in [6.07, 6.45) is -0.418. The van der Waals surface area contributed by atoms with Gasteiger partial charge in [0, 0.05) is 32.2 Å². The third-order valence-electron chi connectivity index (χ3n) is 5.09. The van der Waals surface area contributed by atoms with Gasteiger partial charge in [-0.15, -0.1) is 0 Å². The minimum atomic E-state index is -3.76. The predicted molar refractivity (Wildman–Crippen MR) is 114 cm³/mol. The normalized spacial score (nSPS) is 19.8. The number of hydrogen-bond acceptors (Lipinski definition) is 5. The van der Waals surface area contributed by atoms with E-state index in [0.717, 1.165) is 0 Å². The van der Waals surface area contributed by atoms with Gasteiger partial charge in [0.05, 0.1) is 24.2 Å². The zero-order valence-corrected chi connectivity index (χ0v) is 18.9. The van der Waals surface area contributed by atoms with Gasteiger partial charge in [-0.05, 0) is 49.7 Å². The molecule has 0 radical (unpaired) electrons. The molecule has 0 N–H and O–H groups in total. The van der Waals surface area contributed by atoms with E-state index < -0.39 is 15.8 Å². The Morgan fingerprint density at radius 1 is 1.19 bits per heavy atom. The Bertz CT molecular complexity index is 1050. The molecule has 3 rings (SSSR count). The highest BCUT2D eigenvalue weighted by molar-refractivity contribution is 7.89. The summed E-state index contributed by atoms with van der Waals surface area (Å²) in [5.74, 6) is -0.748. The molecule has 2 unspecified atom stereocenters. The zero-order valence-electron chi connectivity index (χ0n) is 18.0. The molecule has 1 saturated heterocycles. The molecular weight excluding hydrogens is 423 g/mol. The molecule has 0 aliphatic carbocycles. The first-order valence-corrected chi connectivity index (χ1v) is 11.4. The maximum Gasteiger partial charge on any atom is 0.253 e. The van der Waals surface area contributed by atoms with E-state index in [1.165, 1.54) is 40.6 Å². The minimum absolute atomic E-state index is 0.0588. The van der Waals surface area contributed by atoms with Crippen LogP contribution in [0.2, 0.25) is 0 Å². The number of sulfonamides is 1. The zero-order chi connectivity index (χ0) is 22.8. The molecule has 1 aliphatic rings. The second kappa shape index (κ2) is 9.33. The van der Waals surface area contributed by atoms with Gasteiger partial charge in [-0.3, -0.25) is 4.79 Å². The molecule has 0 aromatic heterocycles. The van der Waals surface area contributed by atoms with Crippen LogP contribution in [0.1, 0.15) is 29.8 Å². The van der Waals surface area contributed by atoms with Crippen molar-refractivity contribution in [3.8, 4) is 5.75 Å². The summed E-state index contributed by atoms with van der Waals surface area (Å²) in [6.45, 7) is 4.33. The third-order valence-corrected chi connectivity index (χ3v) is 6.92. The number of methoxy groups -OCH3 is 1. The van der Waals surface area contributed by atoms with Gasteiger partial charge in [0.25, 0.3) is 5.91 Å². The fraction of sp³-hybridized carbons (Fsp3) is 0.409. The molecule has 2 aromatic carbocycles. The molecule has 1 aliphatic heterocycles. The Hall–Kier alpha value is -2.49. The van der Waals surface area contributed by atoms with Crippen LogP contribution in [0.4, 0.5) is 4.39 Å². The summed E-state index contributed by atoms with van der Waals surface area (Å²) in [5.41, 5.74) is 0.834. The summed E-state index contributed by atoms with van der Waals surface area (Å²) < 4.78 is 52.1. The van der Waals surface area contributed by atoms with Crippen molar-refractivity contribution in [1.82, 2.24) is 9.21 Å². The number of benzene rings is 2. The largest absolute Gasteiger partial charge is 0.494 e. The van der Waals surface area contributed by atoms with E-state index >= 15 is 0 Å². The highest BCUT2D eigenvalue weighted by Gasteiger charge is 2.32. The lowest BCUT2D eigenvalue weighted by molar-refractivity contribution is -0.0440. The molecule has 0 bridgehead atoms. The fourth-order valence-corrected chi connectivity index (χ4v) is 5.28. The molecule has 0 spiro atoms. The van der Waals surface area contributed by atoms with Gasteiger partial charge in [0.1, 0.15) is 0 Å². The van der Waals surface area contributed by atoms with Crippen LogP contribution in [0.5, 0.6) is 5.75 Å². The lowest BCUT2D eigenvalue weighted by Crippen LogP contribution is -2.48. The van der Waals surface area contributed by atoms with Gasteiger partial charge in [0.2, 0.25) is 10.0 Å². The number of hydrogen-bond donors (Lipinski definition) is 0. The van der Waals surface area contributed by atoms with Crippen LogP contribution in [0.3, 0.4) is 0 Å². The summed E-state index contributed by atoms with van der Waals surface area (Å²) in [4.78, 5) is 14.4. The van der Waals surface area contributed by atoms with E-state index in [-0.39, 0.29) is 54.0 Å². The number of ether oxygens (including phenoxy) is 2. The first-order valence-electron chi connectivity index (χ1n) is 9.95. The molecule has 0 saturated carbocycles. The average molecular weight is 451 g/mol. The standard InChI is InChI=1S/C22H27FN2O5S/c1-15-12-25(13-16(2)30-15)31(27,28)19-7-5-6-18(11-19)22(26)24(3)14-17-8-9-21(29-4)20(23)10-17/h5-11,15-16H,12-14H2,1-4H3. The molecule has 31 heavy (non-hydrogen) atoms. The molecular formula is C22H27FN2O5S. The predicted octanol–water partition coefficient (Wildman–Crippen LogP) is 2.90. The number of rotatable bonds is 6. The monoisotopic (exact) mass is 450 g/mol. The van der Waals surface area contributed by atoms with E-state index in [2.05, 4.69) is 0 Å². The topological polar surface area (TPSA) is 76.2 Å². The van der Waals surface area contributed by atoms with Crippen molar-refractivity contribution >= 4 is 15.9 Å². The van der Waals surface area contributed by atoms with Crippen LogP contribution >= 0.6 is 0 Å². The van der Waals surface area contributed by atoms with E-state index in [1.54, 1.807) is 25.2 Å². The molecule has 7 nitrogen and oxygen atoms in total. The Balaban J connectivity index is 1.78. The van der Waals surface area contributed by atoms with Crippen LogP contribution in [-0.2, 0) is 21.3 Å². The van der Waals surface area contributed by atoms with Crippen LogP contribution in [0.15, 0.2) is 47.4 Å². The van der Waals surface area contributed by atoms with Crippen molar-refractivity contribution in [2.24, 2.45) is 0 Å². The van der Waals surface area contributed by atoms with Crippen molar-refractivity contribution in [1.29, 1.82) is 0 Å². The second-order valence-corrected chi connectivity index (χ2v) is 9.68. The smallest absolute Gasteiger partial charge is 0.253 e. The van der Waals surface area contributed by atoms with Crippen molar-refractivity contribution in [2.75, 3.05) is 27.2 Å². The van der Waals surface area contributed by atoms with Gasteiger partial charge < -0.3 is 14.4 Å². The molecule has 9 heteroatoms. The molecule has 1 amide bonds. The van der Waals surface area contributed by atoms with Gasteiger partial charge in [-0.2, -0.15) is 4.31 Å². The highest BCUT2D eigenvalue weighted by atomic mass is 32.2. The maximum atomic E-state index is 13.9. The van der Waals surface area contributed by atoms with E-state index in [1.807, 2.05) is 13.8 Å². The molecule has 2 atom stereocenters. The van der Waals surface area contributed by atoms with Gasteiger partial charge in [-0.1, -0.05) is 12.1 Å². The van der Waals surface area contributed by atoms with Crippen molar-refractivity contribution in [3.05, 3.63) is 59.4 Å². The Morgan fingerprint density at radius 3 is 2.48 bits per heavy atom. The van der Waals surface area contributed by atoms with Gasteiger partial charge >= 0.3 is 0 Å².